The lowest BCUT2D eigenvalue weighted by atomic mass is 10.1. The zero-order valence-electron chi connectivity index (χ0n) is 15.4. The van der Waals surface area contributed by atoms with Gasteiger partial charge in [-0.2, -0.15) is 0 Å². The summed E-state index contributed by atoms with van der Waals surface area (Å²) in [6, 6.07) is 5.77. The average Bonchev–Trinajstić information content (AvgIpc) is 2.50. The van der Waals surface area contributed by atoms with Crippen molar-refractivity contribution in [3.05, 3.63) is 29.8 Å². The standard InChI is InChI=1S/C18H27N3O4/c1-6-10-19-15(22)12(2)20-16(23)13-8-7-9-14(11-13)21-17(24)25-18(3,4)5/h7-9,11-12H,6,10H2,1-5H3,(H,19,22)(H,20,23)(H,21,24)/t12-/m1/s1. The lowest BCUT2D eigenvalue weighted by Gasteiger charge is -2.19. The molecule has 0 fully saturated rings. The van der Waals surface area contributed by atoms with Crippen molar-refractivity contribution in [1.82, 2.24) is 10.6 Å². The lowest BCUT2D eigenvalue weighted by Crippen LogP contribution is -2.45. The molecule has 1 aromatic carbocycles. The van der Waals surface area contributed by atoms with Gasteiger partial charge >= 0.3 is 6.09 Å². The van der Waals surface area contributed by atoms with Crippen LogP contribution in [-0.4, -0.2) is 36.1 Å². The minimum absolute atomic E-state index is 0.238. The Morgan fingerprint density at radius 1 is 1.20 bits per heavy atom. The van der Waals surface area contributed by atoms with Crippen LogP contribution in [-0.2, 0) is 9.53 Å². The molecule has 25 heavy (non-hydrogen) atoms. The van der Waals surface area contributed by atoms with E-state index in [4.69, 9.17) is 4.74 Å². The number of carbonyl (C=O) groups excluding carboxylic acids is 3. The Bertz CT molecular complexity index is 623. The number of rotatable bonds is 6. The molecule has 1 rings (SSSR count). The van der Waals surface area contributed by atoms with Gasteiger partial charge in [0.05, 0.1) is 0 Å². The van der Waals surface area contributed by atoms with E-state index in [0.29, 0.717) is 17.8 Å². The van der Waals surface area contributed by atoms with Crippen LogP contribution in [0, 0.1) is 0 Å². The highest BCUT2D eigenvalue weighted by molar-refractivity contribution is 5.98. The SMILES string of the molecule is CCCNC(=O)[C@@H](C)NC(=O)c1cccc(NC(=O)OC(C)(C)C)c1. The van der Waals surface area contributed by atoms with Gasteiger partial charge in [-0.3, -0.25) is 14.9 Å². The molecule has 1 atom stereocenters. The van der Waals surface area contributed by atoms with Crippen molar-refractivity contribution in [3.63, 3.8) is 0 Å². The van der Waals surface area contributed by atoms with E-state index >= 15 is 0 Å². The van der Waals surface area contributed by atoms with Crippen LogP contribution in [0.1, 0.15) is 51.4 Å². The molecule has 0 aliphatic heterocycles. The summed E-state index contributed by atoms with van der Waals surface area (Å²) < 4.78 is 5.17. The third kappa shape index (κ3) is 7.69. The predicted molar refractivity (Wildman–Crippen MR) is 96.5 cm³/mol. The number of hydrogen-bond donors (Lipinski definition) is 3. The zero-order chi connectivity index (χ0) is 19.0. The summed E-state index contributed by atoms with van der Waals surface area (Å²) in [7, 11) is 0. The number of ether oxygens (including phenoxy) is 1. The first kappa shape index (κ1) is 20.5. The molecule has 7 heteroatoms. The minimum Gasteiger partial charge on any atom is -0.444 e. The van der Waals surface area contributed by atoms with Gasteiger partial charge in [0, 0.05) is 17.8 Å². The summed E-state index contributed by atoms with van der Waals surface area (Å²) in [6.07, 6.45) is 0.225. The quantitative estimate of drug-likeness (QED) is 0.735. The fraction of sp³-hybridized carbons (Fsp3) is 0.500. The largest absolute Gasteiger partial charge is 0.444 e. The Morgan fingerprint density at radius 3 is 2.48 bits per heavy atom. The molecule has 0 aliphatic carbocycles. The van der Waals surface area contributed by atoms with E-state index in [1.54, 1.807) is 45.9 Å². The van der Waals surface area contributed by atoms with Crippen molar-refractivity contribution in [3.8, 4) is 0 Å². The van der Waals surface area contributed by atoms with E-state index in [2.05, 4.69) is 16.0 Å². The molecule has 0 aliphatic rings. The molecule has 0 unspecified atom stereocenters. The molecule has 3 N–H and O–H groups in total. The maximum Gasteiger partial charge on any atom is 0.412 e. The average molecular weight is 349 g/mol. The number of anilines is 1. The summed E-state index contributed by atoms with van der Waals surface area (Å²) in [6.45, 7) is 9.43. The smallest absolute Gasteiger partial charge is 0.412 e. The number of amides is 3. The van der Waals surface area contributed by atoms with E-state index in [-0.39, 0.29) is 5.91 Å². The molecule has 7 nitrogen and oxygen atoms in total. The molecule has 0 aromatic heterocycles. The number of nitrogens with one attached hydrogen (secondary N) is 3. The normalized spacial score (nSPS) is 12.0. The van der Waals surface area contributed by atoms with Crippen LogP contribution < -0.4 is 16.0 Å². The summed E-state index contributed by atoms with van der Waals surface area (Å²) >= 11 is 0. The molecule has 3 amide bonds. The van der Waals surface area contributed by atoms with Crippen molar-refractivity contribution in [2.24, 2.45) is 0 Å². The molecular formula is C18H27N3O4. The number of hydrogen-bond acceptors (Lipinski definition) is 4. The van der Waals surface area contributed by atoms with Crippen molar-refractivity contribution < 1.29 is 19.1 Å². The van der Waals surface area contributed by atoms with Crippen LogP contribution >= 0.6 is 0 Å². The molecule has 0 saturated carbocycles. The lowest BCUT2D eigenvalue weighted by molar-refractivity contribution is -0.122. The minimum atomic E-state index is -0.651. The van der Waals surface area contributed by atoms with Gasteiger partial charge in [-0.25, -0.2) is 4.79 Å². The first-order chi connectivity index (χ1) is 11.6. The van der Waals surface area contributed by atoms with Crippen LogP contribution in [0.3, 0.4) is 0 Å². The molecular weight excluding hydrogens is 322 g/mol. The molecule has 0 spiro atoms. The second kappa shape index (κ2) is 9.05. The monoisotopic (exact) mass is 349 g/mol. The zero-order valence-corrected chi connectivity index (χ0v) is 15.4. The third-order valence-corrected chi connectivity index (χ3v) is 3.06. The number of carbonyl (C=O) groups is 3. The van der Waals surface area contributed by atoms with E-state index in [1.807, 2.05) is 6.92 Å². The second-order valence-electron chi connectivity index (χ2n) is 6.69. The first-order valence-corrected chi connectivity index (χ1v) is 8.31. The summed E-state index contributed by atoms with van der Waals surface area (Å²) in [5, 5.41) is 7.93. The van der Waals surface area contributed by atoms with E-state index in [9.17, 15) is 14.4 Å². The van der Waals surface area contributed by atoms with E-state index in [1.165, 1.54) is 6.07 Å². The van der Waals surface area contributed by atoms with Crippen LogP contribution in [0.15, 0.2) is 24.3 Å². The van der Waals surface area contributed by atoms with Crippen LogP contribution in [0.4, 0.5) is 10.5 Å². The van der Waals surface area contributed by atoms with E-state index < -0.39 is 23.6 Å². The fourth-order valence-corrected chi connectivity index (χ4v) is 1.91. The molecule has 138 valence electrons. The Morgan fingerprint density at radius 2 is 1.88 bits per heavy atom. The van der Waals surface area contributed by atoms with Gasteiger partial charge in [0.1, 0.15) is 11.6 Å². The van der Waals surface area contributed by atoms with Gasteiger partial charge in [-0.05, 0) is 52.3 Å². The molecule has 0 saturated heterocycles. The van der Waals surface area contributed by atoms with Gasteiger partial charge in [0.15, 0.2) is 0 Å². The van der Waals surface area contributed by atoms with Crippen molar-refractivity contribution in [2.75, 3.05) is 11.9 Å². The van der Waals surface area contributed by atoms with Gasteiger partial charge in [-0.15, -0.1) is 0 Å². The third-order valence-electron chi connectivity index (χ3n) is 3.06. The highest BCUT2D eigenvalue weighted by Gasteiger charge is 2.18. The first-order valence-electron chi connectivity index (χ1n) is 8.31. The summed E-state index contributed by atoms with van der Waals surface area (Å²) in [5.74, 6) is -0.634. The number of benzene rings is 1. The summed E-state index contributed by atoms with van der Waals surface area (Å²) in [5.41, 5.74) is 0.161. The van der Waals surface area contributed by atoms with Crippen LogP contribution in [0.2, 0.25) is 0 Å². The maximum absolute atomic E-state index is 12.3. The summed E-state index contributed by atoms with van der Waals surface area (Å²) in [4.78, 5) is 35.9. The predicted octanol–water partition coefficient (Wildman–Crippen LogP) is 2.68. The van der Waals surface area contributed by atoms with Gasteiger partial charge in [0.25, 0.3) is 5.91 Å². The molecule has 0 radical (unpaired) electrons. The van der Waals surface area contributed by atoms with Crippen LogP contribution in [0.25, 0.3) is 0 Å². The van der Waals surface area contributed by atoms with E-state index in [0.717, 1.165) is 6.42 Å². The molecule has 1 aromatic rings. The van der Waals surface area contributed by atoms with Crippen LogP contribution in [0.5, 0.6) is 0 Å². The maximum atomic E-state index is 12.3. The van der Waals surface area contributed by atoms with Gasteiger partial charge < -0.3 is 15.4 Å². The molecule has 0 bridgehead atoms. The second-order valence-corrected chi connectivity index (χ2v) is 6.69. The Kier molecular flexibility index (Phi) is 7.42. The van der Waals surface area contributed by atoms with Crippen molar-refractivity contribution in [1.29, 1.82) is 0 Å². The van der Waals surface area contributed by atoms with Crippen molar-refractivity contribution in [2.45, 2.75) is 52.7 Å². The van der Waals surface area contributed by atoms with Gasteiger partial charge in [-0.1, -0.05) is 13.0 Å². The highest BCUT2D eigenvalue weighted by Crippen LogP contribution is 2.14. The fourth-order valence-electron chi connectivity index (χ4n) is 1.91. The Balaban J connectivity index is 2.69. The van der Waals surface area contributed by atoms with Crippen molar-refractivity contribution >= 4 is 23.6 Å². The Hall–Kier alpha value is -2.57. The van der Waals surface area contributed by atoms with Gasteiger partial charge in [0.2, 0.25) is 5.91 Å². The highest BCUT2D eigenvalue weighted by atomic mass is 16.6. The Labute approximate surface area is 148 Å². The molecule has 0 heterocycles. The topological polar surface area (TPSA) is 96.5 Å².